The molecule has 106 valence electrons. The van der Waals surface area contributed by atoms with E-state index in [4.69, 9.17) is 17.3 Å². The third-order valence-electron chi connectivity index (χ3n) is 3.98. The minimum atomic E-state index is 0.0937. The first kappa shape index (κ1) is 15.2. The van der Waals surface area contributed by atoms with Crippen molar-refractivity contribution in [2.45, 2.75) is 44.1 Å². The summed E-state index contributed by atoms with van der Waals surface area (Å²) in [6, 6.07) is 9.00. The fourth-order valence-corrected chi connectivity index (χ4v) is 4.16. The summed E-state index contributed by atoms with van der Waals surface area (Å²) in [5.74, 6) is 1.18. The van der Waals surface area contributed by atoms with Crippen molar-refractivity contribution in [1.29, 1.82) is 0 Å². The van der Waals surface area contributed by atoms with E-state index in [0.717, 1.165) is 11.6 Å². The molecule has 2 N–H and O–H groups in total. The first-order chi connectivity index (χ1) is 9.00. The van der Waals surface area contributed by atoms with Gasteiger partial charge in [0.1, 0.15) is 0 Å². The molecular formula is C15H23ClN2S. The number of nitrogens with zero attached hydrogens (tertiary/aromatic N) is 1. The normalized spacial score (nSPS) is 28.1. The van der Waals surface area contributed by atoms with Gasteiger partial charge in [-0.25, -0.2) is 0 Å². The zero-order valence-corrected chi connectivity index (χ0v) is 13.4. The number of halogens is 1. The lowest BCUT2D eigenvalue weighted by atomic mass is 9.97. The van der Waals surface area contributed by atoms with Crippen LogP contribution in [-0.4, -0.2) is 34.5 Å². The fraction of sp³-hybridized carbons (Fsp3) is 0.600. The number of thioether (sulfide) groups is 1. The van der Waals surface area contributed by atoms with Crippen molar-refractivity contribution in [3.63, 3.8) is 0 Å². The van der Waals surface area contributed by atoms with Gasteiger partial charge < -0.3 is 5.73 Å². The summed E-state index contributed by atoms with van der Waals surface area (Å²) in [6.07, 6.45) is 0. The number of nitrogens with two attached hydrogens (primary N) is 1. The summed E-state index contributed by atoms with van der Waals surface area (Å²) in [5.41, 5.74) is 7.50. The minimum Gasteiger partial charge on any atom is -0.326 e. The molecule has 1 saturated heterocycles. The zero-order valence-electron chi connectivity index (χ0n) is 11.8. The number of rotatable bonds is 3. The molecule has 1 aliphatic heterocycles. The van der Waals surface area contributed by atoms with Gasteiger partial charge in [0.15, 0.2) is 0 Å². The highest BCUT2D eigenvalue weighted by Crippen LogP contribution is 2.33. The first-order valence-corrected chi connectivity index (χ1v) is 8.31. The zero-order chi connectivity index (χ0) is 14.0. The van der Waals surface area contributed by atoms with Gasteiger partial charge in [0.25, 0.3) is 0 Å². The summed E-state index contributed by atoms with van der Waals surface area (Å²) in [6.45, 7) is 7.79. The van der Waals surface area contributed by atoms with E-state index in [1.165, 1.54) is 11.3 Å². The van der Waals surface area contributed by atoms with Crippen molar-refractivity contribution >= 4 is 23.4 Å². The van der Waals surface area contributed by atoms with Crippen LogP contribution in [0.5, 0.6) is 0 Å². The van der Waals surface area contributed by atoms with E-state index >= 15 is 0 Å². The molecule has 1 fully saturated rings. The van der Waals surface area contributed by atoms with E-state index in [1.807, 2.05) is 23.9 Å². The van der Waals surface area contributed by atoms with Crippen molar-refractivity contribution in [3.8, 4) is 0 Å². The molecule has 1 aromatic rings. The maximum absolute atomic E-state index is 6.27. The van der Waals surface area contributed by atoms with Gasteiger partial charge in [-0.15, -0.1) is 0 Å². The highest BCUT2D eigenvalue weighted by Gasteiger charge is 2.33. The van der Waals surface area contributed by atoms with Gasteiger partial charge in [-0.1, -0.05) is 30.7 Å². The van der Waals surface area contributed by atoms with Crippen LogP contribution < -0.4 is 5.73 Å². The predicted octanol–water partition coefficient (Wildman–Crippen LogP) is 3.55. The van der Waals surface area contributed by atoms with E-state index in [1.54, 1.807) is 0 Å². The Morgan fingerprint density at radius 3 is 2.79 bits per heavy atom. The lowest BCUT2D eigenvalue weighted by molar-refractivity contribution is 0.130. The Balaban J connectivity index is 2.29. The van der Waals surface area contributed by atoms with E-state index in [0.29, 0.717) is 11.3 Å². The van der Waals surface area contributed by atoms with Crippen LogP contribution in [0.25, 0.3) is 0 Å². The molecule has 0 bridgehead atoms. The smallest absolute Gasteiger partial charge is 0.0500 e. The average Bonchev–Trinajstić information content (AvgIpc) is 2.34. The van der Waals surface area contributed by atoms with Gasteiger partial charge in [0.05, 0.1) is 6.04 Å². The second-order valence-electron chi connectivity index (χ2n) is 5.41. The van der Waals surface area contributed by atoms with Crippen molar-refractivity contribution in [1.82, 2.24) is 4.90 Å². The number of hydrogen-bond donors (Lipinski definition) is 1. The largest absolute Gasteiger partial charge is 0.326 e. The minimum absolute atomic E-state index is 0.0937. The Hall–Kier alpha value is -0.220. The monoisotopic (exact) mass is 298 g/mol. The molecule has 1 aromatic carbocycles. The van der Waals surface area contributed by atoms with Crippen LogP contribution >= 0.6 is 23.4 Å². The number of hydrogen-bond acceptors (Lipinski definition) is 3. The third kappa shape index (κ3) is 3.46. The molecule has 1 aliphatic rings. The molecule has 2 rings (SSSR count). The molecular weight excluding hydrogens is 276 g/mol. The van der Waals surface area contributed by atoms with Crippen LogP contribution in [-0.2, 0) is 0 Å². The summed E-state index contributed by atoms with van der Waals surface area (Å²) < 4.78 is 0. The Bertz CT molecular complexity index is 424. The number of benzene rings is 1. The van der Waals surface area contributed by atoms with Crippen molar-refractivity contribution in [3.05, 3.63) is 34.9 Å². The molecule has 0 spiro atoms. The van der Waals surface area contributed by atoms with E-state index in [-0.39, 0.29) is 12.1 Å². The third-order valence-corrected chi connectivity index (χ3v) is 5.55. The molecule has 0 saturated carbocycles. The average molecular weight is 299 g/mol. The summed E-state index contributed by atoms with van der Waals surface area (Å²) in [7, 11) is 0. The molecule has 4 heteroatoms. The van der Waals surface area contributed by atoms with Crippen LogP contribution in [0.4, 0.5) is 0 Å². The van der Waals surface area contributed by atoms with Crippen molar-refractivity contribution in [2.24, 2.45) is 5.73 Å². The van der Waals surface area contributed by atoms with Gasteiger partial charge in [-0.2, -0.15) is 11.8 Å². The molecule has 4 atom stereocenters. The molecule has 2 nitrogen and oxygen atoms in total. The Kier molecular flexibility index (Phi) is 5.18. The van der Waals surface area contributed by atoms with Gasteiger partial charge >= 0.3 is 0 Å². The van der Waals surface area contributed by atoms with E-state index in [2.05, 4.69) is 37.8 Å². The Morgan fingerprint density at radius 2 is 2.16 bits per heavy atom. The molecule has 4 unspecified atom stereocenters. The molecule has 1 heterocycles. The fourth-order valence-electron chi connectivity index (χ4n) is 2.84. The van der Waals surface area contributed by atoms with Crippen LogP contribution in [0.15, 0.2) is 24.3 Å². The van der Waals surface area contributed by atoms with Gasteiger partial charge in [-0.05, 0) is 31.5 Å². The highest BCUT2D eigenvalue weighted by molar-refractivity contribution is 8.00. The topological polar surface area (TPSA) is 29.3 Å². The van der Waals surface area contributed by atoms with E-state index in [9.17, 15) is 0 Å². The Morgan fingerprint density at radius 1 is 1.42 bits per heavy atom. The van der Waals surface area contributed by atoms with Crippen molar-refractivity contribution in [2.75, 3.05) is 12.3 Å². The van der Waals surface area contributed by atoms with Gasteiger partial charge in [-0.3, -0.25) is 4.90 Å². The SMILES string of the molecule is CC(N)C(c1cccc(Cl)c1)N1CCSC(C)C1C. The van der Waals surface area contributed by atoms with Crippen molar-refractivity contribution < 1.29 is 0 Å². The molecule has 0 radical (unpaired) electrons. The van der Waals surface area contributed by atoms with Gasteiger partial charge in [0, 0.05) is 34.7 Å². The molecule has 0 amide bonds. The quantitative estimate of drug-likeness (QED) is 0.925. The summed E-state index contributed by atoms with van der Waals surface area (Å²) in [5, 5.41) is 1.43. The first-order valence-electron chi connectivity index (χ1n) is 6.89. The predicted molar refractivity (Wildman–Crippen MR) is 85.9 cm³/mol. The standard InChI is InChI=1S/C15H23ClN2S/c1-10(17)15(13-5-4-6-14(16)9-13)18-7-8-19-12(3)11(18)2/h4-6,9-12,15H,7-8,17H2,1-3H3. The van der Waals surface area contributed by atoms with E-state index < -0.39 is 0 Å². The molecule has 0 aromatic heterocycles. The second-order valence-corrected chi connectivity index (χ2v) is 7.33. The van der Waals surface area contributed by atoms with Crippen LogP contribution in [0.2, 0.25) is 5.02 Å². The molecule has 19 heavy (non-hydrogen) atoms. The summed E-state index contributed by atoms with van der Waals surface area (Å²) >= 11 is 8.18. The van der Waals surface area contributed by atoms with Gasteiger partial charge in [0.2, 0.25) is 0 Å². The lowest BCUT2D eigenvalue weighted by Crippen LogP contribution is -2.50. The van der Waals surface area contributed by atoms with Crippen LogP contribution in [0.3, 0.4) is 0 Å². The molecule has 0 aliphatic carbocycles. The maximum Gasteiger partial charge on any atom is 0.0500 e. The maximum atomic E-state index is 6.27. The highest BCUT2D eigenvalue weighted by atomic mass is 35.5. The Labute approximate surface area is 125 Å². The summed E-state index contributed by atoms with van der Waals surface area (Å²) in [4.78, 5) is 2.54. The second kappa shape index (κ2) is 6.49. The lowest BCUT2D eigenvalue weighted by Gasteiger charge is -2.44. The van der Waals surface area contributed by atoms with Crippen LogP contribution in [0, 0.1) is 0 Å². The van der Waals surface area contributed by atoms with Crippen LogP contribution in [0.1, 0.15) is 32.4 Å².